The Labute approximate surface area is 270 Å². The summed E-state index contributed by atoms with van der Waals surface area (Å²) >= 11 is 7.88. The summed E-state index contributed by atoms with van der Waals surface area (Å²) in [6.45, 7) is 7.98. The van der Waals surface area contributed by atoms with Crippen molar-refractivity contribution in [1.29, 1.82) is 0 Å². The summed E-state index contributed by atoms with van der Waals surface area (Å²) in [6, 6.07) is 4.68. The molecule has 45 heavy (non-hydrogen) atoms. The second kappa shape index (κ2) is 12.7. The van der Waals surface area contributed by atoms with E-state index in [1.165, 1.54) is 12.1 Å². The number of anilines is 2. The van der Waals surface area contributed by atoms with Crippen molar-refractivity contribution in [2.45, 2.75) is 44.1 Å². The Morgan fingerprint density at radius 2 is 1.84 bits per heavy atom. The van der Waals surface area contributed by atoms with Crippen molar-refractivity contribution in [3.63, 3.8) is 0 Å². The molecule has 0 amide bonds. The van der Waals surface area contributed by atoms with Crippen molar-refractivity contribution in [3.8, 4) is 17.1 Å². The third kappa shape index (κ3) is 5.80. The van der Waals surface area contributed by atoms with Gasteiger partial charge in [0.15, 0.2) is 10.9 Å². The van der Waals surface area contributed by atoms with E-state index in [1.54, 1.807) is 6.07 Å². The Morgan fingerprint density at radius 3 is 2.64 bits per heavy atom. The van der Waals surface area contributed by atoms with E-state index in [-0.39, 0.29) is 43.0 Å². The fourth-order valence-corrected chi connectivity index (χ4v) is 8.51. The highest BCUT2D eigenvalue weighted by atomic mass is 35.5. The first-order valence-corrected chi connectivity index (χ1v) is 17.1. The maximum absolute atomic E-state index is 16.8. The first-order valence-electron chi connectivity index (χ1n) is 15.9. The minimum atomic E-state index is -0.615. The van der Waals surface area contributed by atoms with Gasteiger partial charge in [-0.3, -0.25) is 4.90 Å². The van der Waals surface area contributed by atoms with E-state index in [0.717, 1.165) is 102 Å². The van der Waals surface area contributed by atoms with Crippen LogP contribution in [-0.4, -0.2) is 96.3 Å². The molecule has 9 nitrogen and oxygen atoms in total. The summed E-state index contributed by atoms with van der Waals surface area (Å²) in [4.78, 5) is 21.1. The Kier molecular flexibility index (Phi) is 8.68. The lowest BCUT2D eigenvalue weighted by molar-refractivity contribution is 0.108. The molecule has 2 aromatic heterocycles. The molecule has 3 aliphatic heterocycles. The van der Waals surface area contributed by atoms with Crippen molar-refractivity contribution in [2.24, 2.45) is 0 Å². The second-order valence-corrected chi connectivity index (χ2v) is 13.9. The number of rotatable bonds is 9. The molecule has 240 valence electrons. The molecule has 0 atom stereocenters. The average Bonchev–Trinajstić information content (AvgIpc) is 3.68. The molecule has 0 aliphatic carbocycles. The van der Waals surface area contributed by atoms with E-state index >= 15 is 4.39 Å². The third-order valence-corrected chi connectivity index (χ3v) is 10.9. The lowest BCUT2D eigenvalue weighted by Crippen LogP contribution is -2.43. The van der Waals surface area contributed by atoms with E-state index in [0.29, 0.717) is 23.4 Å². The first kappa shape index (κ1) is 30.7. The molecule has 7 rings (SSSR count). The summed E-state index contributed by atoms with van der Waals surface area (Å²) in [7, 11) is 1.97. The van der Waals surface area contributed by atoms with Gasteiger partial charge in [0, 0.05) is 36.1 Å². The molecule has 5 heterocycles. The Bertz CT molecular complexity index is 1710. The zero-order chi connectivity index (χ0) is 31.1. The van der Waals surface area contributed by atoms with E-state index in [4.69, 9.17) is 27.1 Å². The predicted octanol–water partition coefficient (Wildman–Crippen LogP) is 5.55. The van der Waals surface area contributed by atoms with Crippen molar-refractivity contribution in [3.05, 3.63) is 34.9 Å². The van der Waals surface area contributed by atoms with Crippen LogP contribution in [0.15, 0.2) is 18.2 Å². The number of halogens is 3. The van der Waals surface area contributed by atoms with Crippen LogP contribution in [0.2, 0.25) is 5.02 Å². The van der Waals surface area contributed by atoms with Gasteiger partial charge < -0.3 is 25.6 Å². The third-order valence-electron chi connectivity index (χ3n) is 9.69. The monoisotopic (exact) mass is 656 g/mol. The Morgan fingerprint density at radius 1 is 1.02 bits per heavy atom. The van der Waals surface area contributed by atoms with Crippen molar-refractivity contribution in [1.82, 2.24) is 30.1 Å². The van der Waals surface area contributed by atoms with Crippen LogP contribution in [0.1, 0.15) is 38.5 Å². The van der Waals surface area contributed by atoms with Gasteiger partial charge in [0.2, 0.25) is 0 Å². The number of nitrogen functional groups attached to an aromatic ring is 1. The van der Waals surface area contributed by atoms with Gasteiger partial charge in [-0.1, -0.05) is 22.9 Å². The standard InChI is InChI=1S/C32H39ClF2N8OS/c1-37-10-4-11-41-12-5-13-42(17-16-41)29-21-18-22(33)24(20-6-7-23(34)28-27(20)38-30(36)45-28)25(35)26(21)39-31(40-29)44-19-32-8-2-14-43(32)15-3-9-32/h6-7,18,37H,2-5,8-17,19H2,1H3,(H2,36,38). The largest absolute Gasteiger partial charge is 0.461 e. The lowest BCUT2D eigenvalue weighted by Gasteiger charge is -2.31. The van der Waals surface area contributed by atoms with Gasteiger partial charge in [0.05, 0.1) is 20.8 Å². The molecule has 3 aliphatic rings. The number of hydrogen-bond acceptors (Lipinski definition) is 10. The molecule has 3 N–H and O–H groups in total. The van der Waals surface area contributed by atoms with Crippen LogP contribution in [0.3, 0.4) is 0 Å². The van der Waals surface area contributed by atoms with Crippen LogP contribution >= 0.6 is 22.9 Å². The number of fused-ring (bicyclic) bond motifs is 3. The summed E-state index contributed by atoms with van der Waals surface area (Å²) in [6.07, 6.45) is 6.48. The van der Waals surface area contributed by atoms with E-state index < -0.39 is 11.6 Å². The highest BCUT2D eigenvalue weighted by Crippen LogP contribution is 2.43. The fraction of sp³-hybridized carbons (Fsp3) is 0.531. The fourth-order valence-electron chi connectivity index (χ4n) is 7.45. The smallest absolute Gasteiger partial charge is 0.319 e. The van der Waals surface area contributed by atoms with Gasteiger partial charge >= 0.3 is 6.01 Å². The number of ether oxygens (including phenoxy) is 1. The number of hydrogen-bond donors (Lipinski definition) is 2. The molecule has 3 saturated heterocycles. The number of nitrogens with zero attached hydrogens (tertiary/aromatic N) is 6. The van der Waals surface area contributed by atoms with Crippen molar-refractivity contribution in [2.75, 3.05) is 76.6 Å². The molecule has 0 unspecified atom stereocenters. The Hall–Kier alpha value is -2.90. The minimum absolute atomic E-state index is 0.0110. The van der Waals surface area contributed by atoms with Crippen LogP contribution in [0.4, 0.5) is 19.7 Å². The van der Waals surface area contributed by atoms with Gasteiger partial charge in [-0.2, -0.15) is 9.97 Å². The second-order valence-electron chi connectivity index (χ2n) is 12.4. The zero-order valence-corrected chi connectivity index (χ0v) is 27.1. The maximum Gasteiger partial charge on any atom is 0.319 e. The number of nitrogens with two attached hydrogens (primary N) is 1. The molecule has 4 aromatic rings. The topological polar surface area (TPSA) is 95.7 Å². The van der Waals surface area contributed by atoms with E-state index in [2.05, 4.69) is 30.0 Å². The van der Waals surface area contributed by atoms with Crippen LogP contribution in [0.5, 0.6) is 6.01 Å². The van der Waals surface area contributed by atoms with Crippen LogP contribution in [0.25, 0.3) is 32.2 Å². The molecular formula is C32H39ClF2N8OS. The highest BCUT2D eigenvalue weighted by molar-refractivity contribution is 7.22. The van der Waals surface area contributed by atoms with Gasteiger partial charge in [0.1, 0.15) is 23.8 Å². The molecule has 0 spiro atoms. The molecule has 2 aromatic carbocycles. The van der Waals surface area contributed by atoms with Gasteiger partial charge in [0.25, 0.3) is 0 Å². The summed E-state index contributed by atoms with van der Waals surface area (Å²) in [5.74, 6) is -0.460. The number of benzene rings is 2. The van der Waals surface area contributed by atoms with Crippen molar-refractivity contribution >= 4 is 55.0 Å². The number of aromatic nitrogens is 3. The van der Waals surface area contributed by atoms with E-state index in [1.807, 2.05) is 7.05 Å². The van der Waals surface area contributed by atoms with Crippen molar-refractivity contribution < 1.29 is 13.5 Å². The number of thiazole rings is 1. The minimum Gasteiger partial charge on any atom is -0.461 e. The normalized spacial score (nSPS) is 19.1. The number of nitrogens with one attached hydrogen (secondary N) is 1. The summed E-state index contributed by atoms with van der Waals surface area (Å²) in [5.41, 5.74) is 6.79. The van der Waals surface area contributed by atoms with Gasteiger partial charge in [-0.15, -0.1) is 0 Å². The van der Waals surface area contributed by atoms with Gasteiger partial charge in [-0.25, -0.2) is 13.8 Å². The zero-order valence-electron chi connectivity index (χ0n) is 25.5. The van der Waals surface area contributed by atoms with Gasteiger partial charge in [-0.05, 0) is 96.5 Å². The molecule has 0 saturated carbocycles. The molecule has 0 radical (unpaired) electrons. The van der Waals surface area contributed by atoms with Crippen LogP contribution < -0.4 is 20.7 Å². The average molecular weight is 657 g/mol. The SMILES string of the molecule is CNCCCN1CCCN(c2nc(OCC34CCCN3CCC4)nc3c(F)c(-c4ccc(F)c5sc(N)nc45)c(Cl)cc23)CC1. The molecule has 0 bridgehead atoms. The quantitative estimate of drug-likeness (QED) is 0.225. The van der Waals surface area contributed by atoms with Crippen LogP contribution in [0, 0.1) is 11.6 Å². The van der Waals surface area contributed by atoms with Crippen LogP contribution in [-0.2, 0) is 0 Å². The van der Waals surface area contributed by atoms with E-state index in [9.17, 15) is 4.39 Å². The highest BCUT2D eigenvalue weighted by Gasteiger charge is 2.45. The molecule has 13 heteroatoms. The summed E-state index contributed by atoms with van der Waals surface area (Å²) < 4.78 is 38.1. The Balaban J connectivity index is 1.30. The predicted molar refractivity (Wildman–Crippen MR) is 178 cm³/mol. The molecular weight excluding hydrogens is 618 g/mol. The first-order chi connectivity index (χ1) is 21.9. The molecule has 3 fully saturated rings. The summed E-state index contributed by atoms with van der Waals surface area (Å²) in [5, 5.41) is 4.12. The maximum atomic E-state index is 16.8. The lowest BCUT2D eigenvalue weighted by atomic mass is 9.95.